The number of carbonyl (C=O) groups is 3. The zero-order valence-corrected chi connectivity index (χ0v) is 17.3. The lowest BCUT2D eigenvalue weighted by atomic mass is 10.1. The minimum absolute atomic E-state index is 0.109. The van der Waals surface area contributed by atoms with Gasteiger partial charge in [-0.3, -0.25) is 14.5 Å². The van der Waals surface area contributed by atoms with E-state index in [0.29, 0.717) is 43.1 Å². The Bertz CT molecular complexity index is 987. The number of carbonyl (C=O) groups excluding carboxylic acids is 3. The molecule has 2 amide bonds. The van der Waals surface area contributed by atoms with Crippen molar-refractivity contribution < 1.29 is 23.5 Å². The minimum atomic E-state index is -0.528. The first-order valence-corrected chi connectivity index (χ1v) is 10.4. The van der Waals surface area contributed by atoms with Crippen molar-refractivity contribution in [1.29, 1.82) is 0 Å². The van der Waals surface area contributed by atoms with Crippen molar-refractivity contribution in [3.8, 4) is 0 Å². The fourth-order valence-corrected chi connectivity index (χ4v) is 4.12. The molecular weight excluding hydrogens is 401 g/mol. The van der Waals surface area contributed by atoms with Crippen LogP contribution in [0.3, 0.4) is 0 Å². The van der Waals surface area contributed by atoms with Crippen LogP contribution in [0, 0.1) is 5.82 Å². The highest BCUT2D eigenvalue weighted by Gasteiger charge is 2.43. The minimum Gasteiger partial charge on any atom is -0.462 e. The summed E-state index contributed by atoms with van der Waals surface area (Å²) in [5, 5.41) is 0. The van der Waals surface area contributed by atoms with Crippen LogP contribution in [0.5, 0.6) is 0 Å². The van der Waals surface area contributed by atoms with Crippen LogP contribution in [0.1, 0.15) is 23.7 Å². The number of anilines is 2. The summed E-state index contributed by atoms with van der Waals surface area (Å²) in [5.74, 6) is -1.25. The molecule has 2 aromatic carbocycles. The van der Waals surface area contributed by atoms with Gasteiger partial charge in [-0.1, -0.05) is 12.1 Å². The largest absolute Gasteiger partial charge is 0.462 e. The fourth-order valence-electron chi connectivity index (χ4n) is 4.12. The molecule has 0 aliphatic carbocycles. The average molecular weight is 425 g/mol. The molecule has 1 atom stereocenters. The zero-order valence-electron chi connectivity index (χ0n) is 17.3. The molecule has 2 aromatic rings. The van der Waals surface area contributed by atoms with Crippen molar-refractivity contribution in [1.82, 2.24) is 4.90 Å². The van der Waals surface area contributed by atoms with Crippen molar-refractivity contribution in [3.05, 3.63) is 59.9 Å². The lowest BCUT2D eigenvalue weighted by Crippen LogP contribution is -2.52. The average Bonchev–Trinajstić information content (AvgIpc) is 3.08. The van der Waals surface area contributed by atoms with Gasteiger partial charge in [0.15, 0.2) is 0 Å². The summed E-state index contributed by atoms with van der Waals surface area (Å²) in [6.45, 7) is 4.28. The smallest absolute Gasteiger partial charge is 0.338 e. The number of piperazine rings is 1. The molecule has 8 heteroatoms. The summed E-state index contributed by atoms with van der Waals surface area (Å²) in [6, 6.07) is 12.4. The normalized spacial score (nSPS) is 19.7. The van der Waals surface area contributed by atoms with E-state index in [1.54, 1.807) is 49.4 Å². The Kier molecular flexibility index (Phi) is 5.99. The molecule has 0 N–H and O–H groups in total. The quantitative estimate of drug-likeness (QED) is 0.542. The molecule has 0 spiro atoms. The molecule has 31 heavy (non-hydrogen) atoms. The highest BCUT2D eigenvalue weighted by molar-refractivity contribution is 6.22. The van der Waals surface area contributed by atoms with Gasteiger partial charge >= 0.3 is 5.97 Å². The first kappa shape index (κ1) is 21.0. The van der Waals surface area contributed by atoms with Crippen LogP contribution >= 0.6 is 0 Å². The number of ether oxygens (including phenoxy) is 1. The van der Waals surface area contributed by atoms with Crippen LogP contribution in [0.4, 0.5) is 15.8 Å². The first-order chi connectivity index (χ1) is 15.0. The van der Waals surface area contributed by atoms with Crippen LogP contribution in [-0.2, 0) is 14.3 Å². The van der Waals surface area contributed by atoms with Crippen LogP contribution in [0.2, 0.25) is 0 Å². The van der Waals surface area contributed by atoms with Crippen LogP contribution in [-0.4, -0.2) is 61.5 Å². The van der Waals surface area contributed by atoms with Gasteiger partial charge in [-0.25, -0.2) is 14.1 Å². The molecule has 2 aliphatic heterocycles. The maximum Gasteiger partial charge on any atom is 0.338 e. The molecule has 0 radical (unpaired) electrons. The Morgan fingerprint density at radius 3 is 2.35 bits per heavy atom. The van der Waals surface area contributed by atoms with Gasteiger partial charge < -0.3 is 9.64 Å². The van der Waals surface area contributed by atoms with E-state index in [1.165, 1.54) is 11.0 Å². The van der Waals surface area contributed by atoms with Gasteiger partial charge in [-0.2, -0.15) is 0 Å². The number of para-hydroxylation sites is 1. The first-order valence-electron chi connectivity index (χ1n) is 10.4. The Morgan fingerprint density at radius 2 is 1.71 bits per heavy atom. The van der Waals surface area contributed by atoms with Crippen LogP contribution in [0.15, 0.2) is 48.5 Å². The third kappa shape index (κ3) is 4.16. The van der Waals surface area contributed by atoms with Gasteiger partial charge in [0.25, 0.3) is 5.91 Å². The number of imide groups is 1. The highest BCUT2D eigenvalue weighted by atomic mass is 19.1. The van der Waals surface area contributed by atoms with Gasteiger partial charge in [0.1, 0.15) is 5.82 Å². The Hall–Kier alpha value is -3.26. The van der Waals surface area contributed by atoms with E-state index in [1.807, 2.05) is 9.80 Å². The molecule has 7 nitrogen and oxygen atoms in total. The summed E-state index contributed by atoms with van der Waals surface area (Å²) in [7, 11) is 0. The molecule has 2 heterocycles. The Balaban J connectivity index is 1.42. The summed E-state index contributed by atoms with van der Waals surface area (Å²) in [6.07, 6.45) is 0.109. The van der Waals surface area contributed by atoms with Gasteiger partial charge in [0.2, 0.25) is 5.91 Å². The molecule has 0 bridgehead atoms. The standard InChI is InChI=1S/C23H24FN3O4/c1-2-31-23(30)16-7-9-17(10-8-16)27-21(28)15-20(22(27)29)26-13-11-25(12-14-26)19-6-4-3-5-18(19)24/h3-10,20H,2,11-15H2,1H3/t20-/m1/s1. The number of hydrogen-bond acceptors (Lipinski definition) is 6. The maximum atomic E-state index is 14.1. The van der Waals surface area contributed by atoms with E-state index < -0.39 is 12.0 Å². The maximum absolute atomic E-state index is 14.1. The van der Waals surface area contributed by atoms with E-state index in [2.05, 4.69) is 0 Å². The number of nitrogens with zero attached hydrogens (tertiary/aromatic N) is 3. The second-order valence-corrected chi connectivity index (χ2v) is 7.53. The van der Waals surface area contributed by atoms with Gasteiger partial charge in [0.05, 0.1) is 36.0 Å². The third-order valence-corrected chi connectivity index (χ3v) is 5.71. The van der Waals surface area contributed by atoms with Crippen molar-refractivity contribution in [2.24, 2.45) is 0 Å². The summed E-state index contributed by atoms with van der Waals surface area (Å²) >= 11 is 0. The second-order valence-electron chi connectivity index (χ2n) is 7.53. The zero-order chi connectivity index (χ0) is 22.0. The van der Waals surface area contributed by atoms with Gasteiger partial charge in [-0.05, 0) is 43.3 Å². The van der Waals surface area contributed by atoms with E-state index in [4.69, 9.17) is 4.74 Å². The molecule has 162 valence electrons. The second kappa shape index (κ2) is 8.85. The summed E-state index contributed by atoms with van der Waals surface area (Å²) in [5.41, 5.74) is 1.36. The molecule has 2 fully saturated rings. The van der Waals surface area contributed by atoms with Crippen molar-refractivity contribution in [3.63, 3.8) is 0 Å². The van der Waals surface area contributed by atoms with E-state index >= 15 is 0 Å². The number of rotatable bonds is 5. The van der Waals surface area contributed by atoms with Crippen molar-refractivity contribution >= 4 is 29.2 Å². The molecule has 2 aliphatic rings. The lowest BCUT2D eigenvalue weighted by Gasteiger charge is -2.38. The number of esters is 1. The topological polar surface area (TPSA) is 70.2 Å². The fraction of sp³-hybridized carbons (Fsp3) is 0.348. The van der Waals surface area contributed by atoms with Crippen LogP contribution in [0.25, 0.3) is 0 Å². The predicted molar refractivity (Wildman–Crippen MR) is 113 cm³/mol. The SMILES string of the molecule is CCOC(=O)c1ccc(N2C(=O)C[C@@H](N3CCN(c4ccccc4F)CC3)C2=O)cc1. The number of benzene rings is 2. The van der Waals surface area contributed by atoms with E-state index in [9.17, 15) is 18.8 Å². The van der Waals surface area contributed by atoms with Crippen LogP contribution < -0.4 is 9.80 Å². The molecular formula is C23H24FN3O4. The highest BCUT2D eigenvalue weighted by Crippen LogP contribution is 2.28. The van der Waals surface area contributed by atoms with Crippen molar-refractivity contribution in [2.45, 2.75) is 19.4 Å². The molecule has 0 unspecified atom stereocenters. The van der Waals surface area contributed by atoms with Gasteiger partial charge in [-0.15, -0.1) is 0 Å². The molecule has 4 rings (SSSR count). The summed E-state index contributed by atoms with van der Waals surface area (Å²) < 4.78 is 19.0. The Labute approximate surface area is 180 Å². The monoisotopic (exact) mass is 425 g/mol. The van der Waals surface area contributed by atoms with Gasteiger partial charge in [0, 0.05) is 26.2 Å². The van der Waals surface area contributed by atoms with Crippen molar-refractivity contribution in [2.75, 3.05) is 42.6 Å². The number of amides is 2. The molecule has 0 aromatic heterocycles. The predicted octanol–water partition coefficient (Wildman–Crippen LogP) is 2.46. The summed E-state index contributed by atoms with van der Waals surface area (Å²) in [4.78, 5) is 42.6. The molecule has 0 saturated carbocycles. The molecule has 2 saturated heterocycles. The lowest BCUT2D eigenvalue weighted by molar-refractivity contribution is -0.123. The van der Waals surface area contributed by atoms with E-state index in [0.717, 1.165) is 0 Å². The Morgan fingerprint density at radius 1 is 1.03 bits per heavy atom. The van der Waals surface area contributed by atoms with E-state index in [-0.39, 0.29) is 30.7 Å². The number of halogens is 1. The number of hydrogen-bond donors (Lipinski definition) is 0. The third-order valence-electron chi connectivity index (χ3n) is 5.71.